The van der Waals surface area contributed by atoms with E-state index in [0.29, 0.717) is 23.3 Å². The highest BCUT2D eigenvalue weighted by atomic mass is 32.1. The molecule has 7 nitrogen and oxygen atoms in total. The second-order valence-corrected chi connectivity index (χ2v) is 6.82. The first kappa shape index (κ1) is 15.5. The molecule has 126 valence electrons. The number of hydrogen-bond acceptors (Lipinski definition) is 7. The topological polar surface area (TPSA) is 95.6 Å². The Morgan fingerprint density at radius 2 is 1.92 bits per heavy atom. The van der Waals surface area contributed by atoms with Crippen LogP contribution < -0.4 is 5.73 Å². The molecular formula is C17H16N6OS. The van der Waals surface area contributed by atoms with E-state index < -0.39 is 0 Å². The van der Waals surface area contributed by atoms with Crippen molar-refractivity contribution in [2.45, 2.75) is 19.8 Å². The summed E-state index contributed by atoms with van der Waals surface area (Å²) in [4.78, 5) is 0.898. The smallest absolute Gasteiger partial charge is 0.272 e. The van der Waals surface area contributed by atoms with Crippen molar-refractivity contribution in [2.24, 2.45) is 0 Å². The fourth-order valence-electron chi connectivity index (χ4n) is 2.47. The molecule has 4 aromatic rings. The van der Waals surface area contributed by atoms with Gasteiger partial charge in [0.15, 0.2) is 11.5 Å². The lowest BCUT2D eigenvalue weighted by molar-refractivity contribution is 0.583. The molecule has 0 unspecified atom stereocenters. The number of thiophene rings is 1. The van der Waals surface area contributed by atoms with Gasteiger partial charge in [0.1, 0.15) is 0 Å². The second-order valence-electron chi connectivity index (χ2n) is 5.87. The summed E-state index contributed by atoms with van der Waals surface area (Å²) in [6.07, 6.45) is 0. The highest BCUT2D eigenvalue weighted by Gasteiger charge is 2.20. The third kappa shape index (κ3) is 2.80. The molecule has 0 amide bonds. The maximum absolute atomic E-state index is 6.23. The zero-order chi connectivity index (χ0) is 17.4. The number of nitrogens with zero attached hydrogens (tertiary/aromatic N) is 5. The van der Waals surface area contributed by atoms with Gasteiger partial charge in [-0.1, -0.05) is 37.3 Å². The molecule has 0 spiro atoms. The maximum Gasteiger partial charge on any atom is 0.272 e. The lowest BCUT2D eigenvalue weighted by Crippen LogP contribution is -2.03. The van der Waals surface area contributed by atoms with E-state index in [0.717, 1.165) is 10.6 Å². The average Bonchev–Trinajstić information content (AvgIpc) is 3.35. The number of rotatable bonds is 4. The first-order valence-electron chi connectivity index (χ1n) is 7.82. The predicted octanol–water partition coefficient (Wildman–Crippen LogP) is 3.75. The minimum absolute atomic E-state index is 0.257. The molecule has 0 aliphatic carbocycles. The number of benzene rings is 1. The van der Waals surface area contributed by atoms with Crippen molar-refractivity contribution in [3.05, 3.63) is 47.3 Å². The fraction of sp³-hybridized carbons (Fsp3) is 0.176. The molecule has 4 rings (SSSR count). The molecule has 3 aromatic heterocycles. The van der Waals surface area contributed by atoms with Crippen LogP contribution in [0.1, 0.15) is 25.3 Å². The van der Waals surface area contributed by atoms with Crippen molar-refractivity contribution in [2.75, 3.05) is 5.73 Å². The first-order valence-corrected chi connectivity index (χ1v) is 8.70. The quantitative estimate of drug-likeness (QED) is 0.601. The Morgan fingerprint density at radius 1 is 1.08 bits per heavy atom. The number of aromatic nitrogens is 5. The summed E-state index contributed by atoms with van der Waals surface area (Å²) in [5, 5.41) is 18.3. The van der Waals surface area contributed by atoms with Crippen molar-refractivity contribution in [3.63, 3.8) is 0 Å². The zero-order valence-corrected chi connectivity index (χ0v) is 14.6. The second kappa shape index (κ2) is 6.14. The van der Waals surface area contributed by atoms with Gasteiger partial charge < -0.3 is 10.2 Å². The summed E-state index contributed by atoms with van der Waals surface area (Å²) in [6, 6.07) is 11.9. The monoisotopic (exact) mass is 352 g/mol. The Morgan fingerprint density at radius 3 is 2.68 bits per heavy atom. The van der Waals surface area contributed by atoms with Crippen LogP contribution in [0.5, 0.6) is 0 Å². The van der Waals surface area contributed by atoms with E-state index in [1.54, 1.807) is 4.68 Å². The van der Waals surface area contributed by atoms with Gasteiger partial charge in [-0.05, 0) is 35.1 Å². The lowest BCUT2D eigenvalue weighted by Gasteiger charge is -2.08. The summed E-state index contributed by atoms with van der Waals surface area (Å²) < 4.78 is 7.28. The highest BCUT2D eigenvalue weighted by Crippen LogP contribution is 2.29. The van der Waals surface area contributed by atoms with Crippen LogP contribution in [0.15, 0.2) is 46.2 Å². The zero-order valence-electron chi connectivity index (χ0n) is 13.7. The van der Waals surface area contributed by atoms with Crippen LogP contribution >= 0.6 is 11.3 Å². The number of hydrogen-bond donors (Lipinski definition) is 1. The summed E-state index contributed by atoms with van der Waals surface area (Å²) in [5.41, 5.74) is 8.66. The van der Waals surface area contributed by atoms with Gasteiger partial charge in [-0.2, -0.15) is 4.68 Å². The first-order chi connectivity index (χ1) is 12.1. The molecular weight excluding hydrogens is 336 g/mol. The molecule has 0 fully saturated rings. The van der Waals surface area contributed by atoms with Gasteiger partial charge >= 0.3 is 0 Å². The van der Waals surface area contributed by atoms with Crippen molar-refractivity contribution >= 4 is 17.2 Å². The van der Waals surface area contributed by atoms with Gasteiger partial charge in [-0.15, -0.1) is 26.6 Å². The molecule has 0 aliphatic rings. The predicted molar refractivity (Wildman–Crippen MR) is 96.5 cm³/mol. The molecule has 0 atom stereocenters. The van der Waals surface area contributed by atoms with Gasteiger partial charge in [-0.3, -0.25) is 0 Å². The average molecular weight is 352 g/mol. The molecule has 0 saturated carbocycles. The largest absolute Gasteiger partial charge is 0.414 e. The summed E-state index contributed by atoms with van der Waals surface area (Å²) >= 11 is 1.53. The van der Waals surface area contributed by atoms with E-state index in [4.69, 9.17) is 10.2 Å². The van der Waals surface area contributed by atoms with E-state index >= 15 is 0 Å². The molecule has 0 aliphatic heterocycles. The van der Waals surface area contributed by atoms with Crippen molar-refractivity contribution in [3.8, 4) is 28.0 Å². The lowest BCUT2D eigenvalue weighted by atomic mass is 10.0. The van der Waals surface area contributed by atoms with E-state index in [2.05, 4.69) is 40.4 Å². The fourth-order valence-corrected chi connectivity index (χ4v) is 3.11. The maximum atomic E-state index is 6.23. The Bertz CT molecular complexity index is 1000. The summed E-state index contributed by atoms with van der Waals surface area (Å²) in [5.74, 6) is 1.48. The van der Waals surface area contributed by atoms with Crippen LogP contribution in [0.2, 0.25) is 0 Å². The van der Waals surface area contributed by atoms with Crippen LogP contribution in [0.25, 0.3) is 28.0 Å². The Hall–Kier alpha value is -3.00. The third-order valence-electron chi connectivity index (χ3n) is 3.85. The van der Waals surface area contributed by atoms with Crippen LogP contribution in [0.4, 0.5) is 5.82 Å². The van der Waals surface area contributed by atoms with Crippen LogP contribution in [-0.4, -0.2) is 25.2 Å². The highest BCUT2D eigenvalue weighted by molar-refractivity contribution is 7.13. The number of nitrogen functional groups attached to an aromatic ring is 1. The van der Waals surface area contributed by atoms with Gasteiger partial charge in [0.05, 0.1) is 10.6 Å². The van der Waals surface area contributed by atoms with Crippen molar-refractivity contribution < 1.29 is 4.42 Å². The van der Waals surface area contributed by atoms with Crippen LogP contribution in [0, 0.1) is 0 Å². The molecule has 0 bridgehead atoms. The van der Waals surface area contributed by atoms with Gasteiger partial charge in [0, 0.05) is 0 Å². The van der Waals surface area contributed by atoms with E-state index in [-0.39, 0.29) is 5.89 Å². The molecule has 0 saturated heterocycles. The Balaban J connectivity index is 1.71. The minimum atomic E-state index is 0.257. The molecule has 8 heteroatoms. The van der Waals surface area contributed by atoms with Gasteiger partial charge in [0.25, 0.3) is 11.8 Å². The minimum Gasteiger partial charge on any atom is -0.414 e. The summed E-state index contributed by atoms with van der Waals surface area (Å²) in [7, 11) is 0. The number of anilines is 1. The molecule has 1 aromatic carbocycles. The van der Waals surface area contributed by atoms with Crippen molar-refractivity contribution in [1.29, 1.82) is 0 Å². The molecule has 0 radical (unpaired) electrons. The Kier molecular flexibility index (Phi) is 3.81. The number of nitrogens with two attached hydrogens (primary N) is 1. The van der Waals surface area contributed by atoms with Crippen LogP contribution in [0.3, 0.4) is 0 Å². The normalized spacial score (nSPS) is 11.3. The molecule has 3 heterocycles. The van der Waals surface area contributed by atoms with E-state index in [1.807, 2.05) is 35.7 Å². The van der Waals surface area contributed by atoms with E-state index in [1.165, 1.54) is 16.9 Å². The van der Waals surface area contributed by atoms with Crippen molar-refractivity contribution in [1.82, 2.24) is 25.2 Å². The molecule has 25 heavy (non-hydrogen) atoms. The van der Waals surface area contributed by atoms with E-state index in [9.17, 15) is 0 Å². The Labute approximate surface area is 148 Å². The SMILES string of the molecule is CC(C)c1cccc(-n2nnc(-c3nnc(-c4cccs4)o3)c2N)c1. The van der Waals surface area contributed by atoms with Gasteiger partial charge in [-0.25, -0.2) is 0 Å². The third-order valence-corrected chi connectivity index (χ3v) is 4.70. The summed E-state index contributed by atoms with van der Waals surface area (Å²) in [6.45, 7) is 4.28. The standard InChI is InChI=1S/C17H16N6OS/c1-10(2)11-5-3-6-12(9-11)23-15(18)14(19-22-23)17-21-20-16(24-17)13-7-4-8-25-13/h3-10H,18H2,1-2H3. The van der Waals surface area contributed by atoms with Gasteiger partial charge in [0.2, 0.25) is 0 Å². The molecule has 2 N–H and O–H groups in total. The van der Waals surface area contributed by atoms with Crippen LogP contribution in [-0.2, 0) is 0 Å².